The number of aryl methyl sites for hydroxylation is 1. The summed E-state index contributed by atoms with van der Waals surface area (Å²) in [7, 11) is 1.53. The number of hydrogen-bond donors (Lipinski definition) is 1. The number of β-amino-alcohol motifs (C(OH)–C–C–N with tert-alkyl or cyclic N) is 1. The standard InChI is InChI=1S/C25H31FN6O3/c1-15-6-16-9-27-32(23-8-22(28-24(29-23)34-3)31-13-25(2,33)14-31)21(16)7-19(15)18-4-5-30(10-20(18)26)17-11-35-12-17/h6-9,17-18,20,33H,4-5,10-14H2,1-3H3. The molecule has 1 aromatic carbocycles. The molecule has 0 saturated carbocycles. The van der Waals surface area contributed by atoms with E-state index in [4.69, 9.17) is 9.47 Å². The van der Waals surface area contributed by atoms with Gasteiger partial charge in [0.1, 0.15) is 12.0 Å². The molecule has 0 radical (unpaired) electrons. The number of benzene rings is 1. The fraction of sp³-hybridized carbons (Fsp3) is 0.560. The predicted octanol–water partition coefficient (Wildman–Crippen LogP) is 2.23. The summed E-state index contributed by atoms with van der Waals surface area (Å²) in [6.07, 6.45) is 1.65. The summed E-state index contributed by atoms with van der Waals surface area (Å²) >= 11 is 0. The SMILES string of the molecule is COc1nc(N2CC(C)(O)C2)cc(-n2ncc3cc(C)c(C4CCN(C5COC5)CC4F)cc32)n1. The molecule has 1 N–H and O–H groups in total. The summed E-state index contributed by atoms with van der Waals surface area (Å²) in [4.78, 5) is 13.2. The van der Waals surface area contributed by atoms with Crippen molar-refractivity contribution in [1.29, 1.82) is 0 Å². The number of fused-ring (bicyclic) bond motifs is 1. The second kappa shape index (κ2) is 8.39. The van der Waals surface area contributed by atoms with E-state index < -0.39 is 11.8 Å². The average Bonchev–Trinajstić information content (AvgIpc) is 3.18. The summed E-state index contributed by atoms with van der Waals surface area (Å²) in [5.74, 6) is 1.09. The highest BCUT2D eigenvalue weighted by Gasteiger charge is 2.38. The first-order chi connectivity index (χ1) is 16.8. The van der Waals surface area contributed by atoms with E-state index in [0.717, 1.165) is 35.0 Å². The van der Waals surface area contributed by atoms with E-state index >= 15 is 4.39 Å². The fourth-order valence-electron chi connectivity index (χ4n) is 5.53. The molecule has 0 aliphatic carbocycles. The van der Waals surface area contributed by atoms with Crippen molar-refractivity contribution in [2.24, 2.45) is 0 Å². The highest BCUT2D eigenvalue weighted by atomic mass is 19.1. The maximum atomic E-state index is 15.4. The number of alkyl halides is 1. The lowest BCUT2D eigenvalue weighted by molar-refractivity contribution is -0.0807. The Morgan fingerprint density at radius 3 is 2.60 bits per heavy atom. The number of anilines is 1. The number of likely N-dealkylation sites (tertiary alicyclic amines) is 1. The molecule has 5 heterocycles. The summed E-state index contributed by atoms with van der Waals surface area (Å²) in [6, 6.07) is 6.59. The molecule has 9 nitrogen and oxygen atoms in total. The van der Waals surface area contributed by atoms with Crippen molar-refractivity contribution in [3.63, 3.8) is 0 Å². The van der Waals surface area contributed by atoms with Crippen LogP contribution in [0.2, 0.25) is 0 Å². The van der Waals surface area contributed by atoms with Crippen LogP contribution < -0.4 is 9.64 Å². The topological polar surface area (TPSA) is 88.8 Å². The number of hydrogen-bond acceptors (Lipinski definition) is 8. The highest BCUT2D eigenvalue weighted by molar-refractivity contribution is 5.82. The van der Waals surface area contributed by atoms with Crippen LogP contribution in [0.1, 0.15) is 30.4 Å². The van der Waals surface area contributed by atoms with E-state index in [1.165, 1.54) is 7.11 Å². The van der Waals surface area contributed by atoms with E-state index in [-0.39, 0.29) is 11.9 Å². The van der Waals surface area contributed by atoms with Gasteiger partial charge in [-0.05, 0) is 50.1 Å². The zero-order valence-electron chi connectivity index (χ0n) is 20.3. The highest BCUT2D eigenvalue weighted by Crippen LogP contribution is 2.36. The first-order valence-electron chi connectivity index (χ1n) is 12.2. The Balaban J connectivity index is 1.34. The molecule has 0 amide bonds. The number of rotatable bonds is 5. The third-order valence-corrected chi connectivity index (χ3v) is 7.53. The molecular formula is C25H31FN6O3. The Bertz CT molecular complexity index is 1250. The number of aliphatic hydroxyl groups is 1. The van der Waals surface area contributed by atoms with Gasteiger partial charge in [-0.15, -0.1) is 0 Å². The number of aromatic nitrogens is 4. The van der Waals surface area contributed by atoms with Crippen molar-refractivity contribution >= 4 is 16.7 Å². The lowest BCUT2D eigenvalue weighted by atomic mass is 9.84. The van der Waals surface area contributed by atoms with Gasteiger partial charge in [-0.2, -0.15) is 15.1 Å². The molecule has 3 saturated heterocycles. The molecule has 0 bridgehead atoms. The third-order valence-electron chi connectivity index (χ3n) is 7.53. The van der Waals surface area contributed by atoms with Crippen LogP contribution >= 0.6 is 0 Å². The Hall–Kier alpha value is -2.82. The maximum Gasteiger partial charge on any atom is 0.320 e. The van der Waals surface area contributed by atoms with Gasteiger partial charge in [-0.3, -0.25) is 4.90 Å². The number of methoxy groups -OCH3 is 1. The molecule has 10 heteroatoms. The smallest absolute Gasteiger partial charge is 0.320 e. The monoisotopic (exact) mass is 482 g/mol. The van der Waals surface area contributed by atoms with Crippen LogP contribution in [0.4, 0.5) is 10.2 Å². The van der Waals surface area contributed by atoms with E-state index in [1.54, 1.807) is 17.8 Å². The normalized spacial score (nSPS) is 24.9. The summed E-state index contributed by atoms with van der Waals surface area (Å²) in [6.45, 7) is 7.56. The average molecular weight is 483 g/mol. The van der Waals surface area contributed by atoms with Crippen molar-refractivity contribution in [2.45, 2.75) is 44.0 Å². The lowest BCUT2D eigenvalue weighted by Crippen LogP contribution is -2.60. The number of halogens is 1. The predicted molar refractivity (Wildman–Crippen MR) is 129 cm³/mol. The molecule has 3 aliphatic heterocycles. The number of nitrogens with zero attached hydrogens (tertiary/aromatic N) is 6. The summed E-state index contributed by atoms with van der Waals surface area (Å²) in [5.41, 5.74) is 2.24. The zero-order chi connectivity index (χ0) is 24.3. The van der Waals surface area contributed by atoms with Gasteiger partial charge in [0.2, 0.25) is 0 Å². The molecule has 6 rings (SSSR count). The molecule has 3 fully saturated rings. The molecule has 3 aromatic rings. The van der Waals surface area contributed by atoms with Crippen LogP contribution in [0.15, 0.2) is 24.4 Å². The second-order valence-corrected chi connectivity index (χ2v) is 10.3. The molecular weight excluding hydrogens is 451 g/mol. The largest absolute Gasteiger partial charge is 0.467 e. The molecule has 2 aromatic heterocycles. The van der Waals surface area contributed by atoms with Gasteiger partial charge in [-0.25, -0.2) is 9.07 Å². The minimum atomic E-state index is -0.929. The van der Waals surface area contributed by atoms with Gasteiger partial charge >= 0.3 is 6.01 Å². The van der Waals surface area contributed by atoms with E-state index in [9.17, 15) is 5.11 Å². The van der Waals surface area contributed by atoms with E-state index in [1.807, 2.05) is 17.9 Å². The van der Waals surface area contributed by atoms with Crippen LogP contribution in [0.5, 0.6) is 6.01 Å². The van der Waals surface area contributed by atoms with Gasteiger partial charge in [0.05, 0.1) is 43.7 Å². The minimum Gasteiger partial charge on any atom is -0.467 e. The first-order valence-corrected chi connectivity index (χ1v) is 12.2. The first kappa shape index (κ1) is 22.6. The summed E-state index contributed by atoms with van der Waals surface area (Å²) in [5, 5.41) is 15.7. The molecule has 2 unspecified atom stereocenters. The van der Waals surface area contributed by atoms with Crippen molar-refractivity contribution in [1.82, 2.24) is 24.6 Å². The molecule has 2 atom stereocenters. The van der Waals surface area contributed by atoms with Crippen molar-refractivity contribution in [3.8, 4) is 11.8 Å². The van der Waals surface area contributed by atoms with Gasteiger partial charge in [0.25, 0.3) is 0 Å². The Morgan fingerprint density at radius 2 is 1.94 bits per heavy atom. The van der Waals surface area contributed by atoms with E-state index in [0.29, 0.717) is 50.5 Å². The maximum absolute atomic E-state index is 15.4. The van der Waals surface area contributed by atoms with Crippen LogP contribution in [-0.2, 0) is 4.74 Å². The van der Waals surface area contributed by atoms with Crippen molar-refractivity contribution in [3.05, 3.63) is 35.5 Å². The Morgan fingerprint density at radius 1 is 1.17 bits per heavy atom. The summed E-state index contributed by atoms with van der Waals surface area (Å²) < 4.78 is 27.8. The zero-order valence-corrected chi connectivity index (χ0v) is 20.3. The quantitative estimate of drug-likeness (QED) is 0.592. The van der Waals surface area contributed by atoms with Crippen LogP contribution in [-0.4, -0.2) is 94.1 Å². The van der Waals surface area contributed by atoms with Crippen LogP contribution in [0, 0.1) is 6.92 Å². The lowest BCUT2D eigenvalue weighted by Gasteiger charge is -2.44. The third kappa shape index (κ3) is 4.03. The molecule has 186 valence electrons. The number of piperidine rings is 1. The molecule has 3 aliphatic rings. The molecule has 0 spiro atoms. The Kier molecular flexibility index (Phi) is 5.43. The van der Waals surface area contributed by atoms with Gasteiger partial charge < -0.3 is 19.5 Å². The molecule has 35 heavy (non-hydrogen) atoms. The van der Waals surface area contributed by atoms with Crippen LogP contribution in [0.3, 0.4) is 0 Å². The van der Waals surface area contributed by atoms with Gasteiger partial charge in [0, 0.05) is 37.0 Å². The minimum absolute atomic E-state index is 0.154. The number of ether oxygens (including phenoxy) is 2. The fourth-order valence-corrected chi connectivity index (χ4v) is 5.53. The van der Waals surface area contributed by atoms with Gasteiger partial charge in [-0.1, -0.05) is 0 Å². The Labute approximate surface area is 203 Å². The van der Waals surface area contributed by atoms with Crippen molar-refractivity contribution in [2.75, 3.05) is 51.4 Å². The van der Waals surface area contributed by atoms with Gasteiger partial charge in [0.15, 0.2) is 5.82 Å². The second-order valence-electron chi connectivity index (χ2n) is 10.3. The van der Waals surface area contributed by atoms with E-state index in [2.05, 4.69) is 32.1 Å². The van der Waals surface area contributed by atoms with Crippen molar-refractivity contribution < 1.29 is 19.0 Å². The van der Waals surface area contributed by atoms with Crippen LogP contribution in [0.25, 0.3) is 16.7 Å².